The SMILES string of the molecule is CCCOc1cccc(/C(O)=C2\C(=O)C(=O)N(Cc3cccnc3)C2c2cccc([N+](=O)[O-])c2)c1. The molecule has 3 aromatic rings. The van der Waals surface area contributed by atoms with Gasteiger partial charge in [0.15, 0.2) is 0 Å². The number of ketones is 1. The fourth-order valence-corrected chi connectivity index (χ4v) is 4.00. The number of benzene rings is 2. The van der Waals surface area contributed by atoms with Crippen LogP contribution in [0.25, 0.3) is 5.76 Å². The first-order valence-corrected chi connectivity index (χ1v) is 11.1. The maximum absolute atomic E-state index is 13.2. The molecule has 0 spiro atoms. The molecular weight excluding hydrogens is 450 g/mol. The van der Waals surface area contributed by atoms with Crippen LogP contribution in [0.2, 0.25) is 0 Å². The van der Waals surface area contributed by atoms with Gasteiger partial charge in [0.25, 0.3) is 17.4 Å². The van der Waals surface area contributed by atoms with Gasteiger partial charge in [-0.25, -0.2) is 0 Å². The van der Waals surface area contributed by atoms with Crippen molar-refractivity contribution >= 4 is 23.1 Å². The van der Waals surface area contributed by atoms with E-state index in [2.05, 4.69) is 4.98 Å². The van der Waals surface area contributed by atoms with Crippen molar-refractivity contribution in [2.45, 2.75) is 25.9 Å². The molecule has 1 N–H and O–H groups in total. The van der Waals surface area contributed by atoms with Crippen molar-refractivity contribution in [3.05, 3.63) is 105 Å². The molecule has 2 heterocycles. The molecule has 9 nitrogen and oxygen atoms in total. The van der Waals surface area contributed by atoms with E-state index in [-0.39, 0.29) is 23.6 Å². The smallest absolute Gasteiger partial charge is 0.295 e. The summed E-state index contributed by atoms with van der Waals surface area (Å²) in [4.78, 5) is 42.5. The Labute approximate surface area is 201 Å². The normalized spacial score (nSPS) is 16.9. The summed E-state index contributed by atoms with van der Waals surface area (Å²) >= 11 is 0. The van der Waals surface area contributed by atoms with Crippen molar-refractivity contribution < 1.29 is 24.4 Å². The molecule has 1 aliphatic rings. The molecule has 1 amide bonds. The van der Waals surface area contributed by atoms with E-state index in [0.717, 1.165) is 6.42 Å². The molecule has 0 aliphatic carbocycles. The minimum atomic E-state index is -1.03. The largest absolute Gasteiger partial charge is 0.507 e. The number of hydrogen-bond acceptors (Lipinski definition) is 7. The number of carbonyl (C=O) groups is 2. The number of non-ortho nitro benzene ring substituents is 1. The maximum atomic E-state index is 13.2. The van der Waals surface area contributed by atoms with Crippen LogP contribution in [0.3, 0.4) is 0 Å². The minimum Gasteiger partial charge on any atom is -0.507 e. The third kappa shape index (κ3) is 4.89. The van der Waals surface area contributed by atoms with Crippen LogP contribution in [-0.2, 0) is 16.1 Å². The molecule has 1 aliphatic heterocycles. The van der Waals surface area contributed by atoms with Gasteiger partial charge in [-0.15, -0.1) is 0 Å². The van der Waals surface area contributed by atoms with Gasteiger partial charge in [-0.2, -0.15) is 0 Å². The molecule has 0 bridgehead atoms. The quantitative estimate of drug-likeness (QED) is 0.169. The molecule has 178 valence electrons. The zero-order chi connectivity index (χ0) is 24.9. The van der Waals surface area contributed by atoms with Crippen LogP contribution in [0.1, 0.15) is 36.1 Å². The van der Waals surface area contributed by atoms with Gasteiger partial charge in [-0.1, -0.05) is 37.3 Å². The number of aliphatic hydroxyl groups excluding tert-OH is 1. The van der Waals surface area contributed by atoms with E-state index in [1.165, 1.54) is 23.1 Å². The summed E-state index contributed by atoms with van der Waals surface area (Å²) < 4.78 is 5.63. The first-order chi connectivity index (χ1) is 16.9. The van der Waals surface area contributed by atoms with Crippen LogP contribution >= 0.6 is 0 Å². The van der Waals surface area contributed by atoms with Gasteiger partial charge < -0.3 is 14.7 Å². The summed E-state index contributed by atoms with van der Waals surface area (Å²) in [5.74, 6) is -1.56. The Balaban J connectivity index is 1.85. The summed E-state index contributed by atoms with van der Waals surface area (Å²) in [6, 6.07) is 14.7. The lowest BCUT2D eigenvalue weighted by atomic mass is 9.94. The number of Topliss-reactive ketones (excluding diaryl/α,β-unsaturated/α-hetero) is 1. The van der Waals surface area contributed by atoms with Crippen molar-refractivity contribution in [3.8, 4) is 5.75 Å². The monoisotopic (exact) mass is 473 g/mol. The van der Waals surface area contributed by atoms with E-state index in [1.54, 1.807) is 54.9 Å². The van der Waals surface area contributed by atoms with Crippen LogP contribution < -0.4 is 4.74 Å². The van der Waals surface area contributed by atoms with Crippen LogP contribution in [0.4, 0.5) is 5.69 Å². The molecule has 1 saturated heterocycles. The molecule has 1 atom stereocenters. The maximum Gasteiger partial charge on any atom is 0.295 e. The fraction of sp³-hybridized carbons (Fsp3) is 0.192. The number of nitro benzene ring substituents is 1. The Morgan fingerprint density at radius 1 is 1.14 bits per heavy atom. The lowest BCUT2D eigenvalue weighted by Crippen LogP contribution is -2.29. The van der Waals surface area contributed by atoms with Gasteiger partial charge in [-0.05, 0) is 35.7 Å². The first kappa shape index (κ1) is 23.6. The number of likely N-dealkylation sites (tertiary alicyclic amines) is 1. The van der Waals surface area contributed by atoms with Crippen LogP contribution in [0.5, 0.6) is 5.75 Å². The number of rotatable bonds is 8. The van der Waals surface area contributed by atoms with Crippen molar-refractivity contribution in [1.29, 1.82) is 0 Å². The Kier molecular flexibility index (Phi) is 6.86. The third-order valence-electron chi connectivity index (χ3n) is 5.59. The van der Waals surface area contributed by atoms with Gasteiger partial charge in [0.1, 0.15) is 11.5 Å². The van der Waals surface area contributed by atoms with Crippen LogP contribution in [0, 0.1) is 10.1 Å². The van der Waals surface area contributed by atoms with Crippen molar-refractivity contribution in [2.24, 2.45) is 0 Å². The molecule has 1 fully saturated rings. The summed E-state index contributed by atoms with van der Waals surface area (Å²) in [6.07, 6.45) is 3.95. The summed E-state index contributed by atoms with van der Waals surface area (Å²) in [5.41, 5.74) is 0.965. The van der Waals surface area contributed by atoms with Crippen molar-refractivity contribution in [1.82, 2.24) is 9.88 Å². The topological polar surface area (TPSA) is 123 Å². The first-order valence-electron chi connectivity index (χ1n) is 11.1. The number of amides is 1. The average molecular weight is 473 g/mol. The fourth-order valence-electron chi connectivity index (χ4n) is 4.00. The lowest BCUT2D eigenvalue weighted by molar-refractivity contribution is -0.384. The van der Waals surface area contributed by atoms with E-state index in [0.29, 0.717) is 29.0 Å². The Morgan fingerprint density at radius 3 is 2.66 bits per heavy atom. The Hall–Kier alpha value is -4.53. The zero-order valence-corrected chi connectivity index (χ0v) is 19.0. The highest BCUT2D eigenvalue weighted by Gasteiger charge is 2.46. The van der Waals surface area contributed by atoms with E-state index < -0.39 is 22.7 Å². The van der Waals surface area contributed by atoms with Gasteiger partial charge in [0.2, 0.25) is 0 Å². The molecule has 9 heteroatoms. The van der Waals surface area contributed by atoms with E-state index >= 15 is 0 Å². The molecular formula is C26H23N3O6. The van der Waals surface area contributed by atoms with Crippen LogP contribution in [-0.4, -0.2) is 38.2 Å². The second-order valence-electron chi connectivity index (χ2n) is 8.02. The molecule has 0 radical (unpaired) electrons. The van der Waals surface area contributed by atoms with Gasteiger partial charge in [0.05, 0.1) is 23.1 Å². The van der Waals surface area contributed by atoms with Gasteiger partial charge >= 0.3 is 0 Å². The van der Waals surface area contributed by atoms with Crippen LogP contribution in [0.15, 0.2) is 78.6 Å². The zero-order valence-electron chi connectivity index (χ0n) is 19.0. The third-order valence-corrected chi connectivity index (χ3v) is 5.59. The number of aliphatic hydroxyl groups is 1. The predicted octanol–water partition coefficient (Wildman–Crippen LogP) is 4.40. The number of hydrogen-bond donors (Lipinski definition) is 1. The minimum absolute atomic E-state index is 0.0300. The van der Waals surface area contributed by atoms with E-state index in [9.17, 15) is 24.8 Å². The van der Waals surface area contributed by atoms with Gasteiger partial charge in [0, 0.05) is 36.6 Å². The second kappa shape index (κ2) is 10.2. The predicted molar refractivity (Wildman–Crippen MR) is 127 cm³/mol. The highest BCUT2D eigenvalue weighted by Crippen LogP contribution is 2.41. The number of carbonyl (C=O) groups excluding carboxylic acids is 2. The number of pyridine rings is 1. The van der Waals surface area contributed by atoms with Gasteiger partial charge in [-0.3, -0.25) is 24.7 Å². The molecule has 0 saturated carbocycles. The summed E-state index contributed by atoms with van der Waals surface area (Å²) in [5, 5.41) is 22.6. The number of nitro groups is 1. The molecule has 1 aromatic heterocycles. The number of nitrogens with zero attached hydrogens (tertiary/aromatic N) is 3. The number of ether oxygens (including phenoxy) is 1. The number of aromatic nitrogens is 1. The molecule has 4 rings (SSSR count). The molecule has 2 aromatic carbocycles. The van der Waals surface area contributed by atoms with Crippen molar-refractivity contribution in [3.63, 3.8) is 0 Å². The molecule has 1 unspecified atom stereocenters. The average Bonchev–Trinajstić information content (AvgIpc) is 3.12. The van der Waals surface area contributed by atoms with E-state index in [4.69, 9.17) is 4.74 Å². The Morgan fingerprint density at radius 2 is 1.94 bits per heavy atom. The summed E-state index contributed by atoms with van der Waals surface area (Å²) in [6.45, 7) is 2.47. The Bertz CT molecular complexity index is 1310. The van der Waals surface area contributed by atoms with E-state index in [1.807, 2.05) is 6.92 Å². The lowest BCUT2D eigenvalue weighted by Gasteiger charge is -2.25. The highest BCUT2D eigenvalue weighted by atomic mass is 16.6. The van der Waals surface area contributed by atoms with Crippen molar-refractivity contribution in [2.75, 3.05) is 6.61 Å². The molecule has 35 heavy (non-hydrogen) atoms. The standard InChI is InChI=1S/C26H23N3O6/c1-2-12-35-21-10-4-8-19(14-21)24(30)22-23(18-7-3-9-20(13-18)29(33)34)28(26(32)25(22)31)16-17-6-5-11-27-15-17/h3-11,13-15,23,30H,2,12,16H2,1H3/b24-22+. The summed E-state index contributed by atoms with van der Waals surface area (Å²) in [7, 11) is 0. The highest BCUT2D eigenvalue weighted by molar-refractivity contribution is 6.46. The second-order valence-corrected chi connectivity index (χ2v) is 8.02.